The first kappa shape index (κ1) is 17.2. The van der Waals surface area contributed by atoms with Gasteiger partial charge in [-0.15, -0.1) is 0 Å². The fraction of sp³-hybridized carbons (Fsp3) is 0.400. The van der Waals surface area contributed by atoms with Gasteiger partial charge in [0.05, 0.1) is 24.8 Å². The van der Waals surface area contributed by atoms with Crippen molar-refractivity contribution in [1.29, 1.82) is 0 Å². The van der Waals surface area contributed by atoms with Crippen LogP contribution in [0.5, 0.6) is 0 Å². The van der Waals surface area contributed by atoms with Crippen LogP contribution in [-0.4, -0.2) is 51.9 Å². The number of alkyl halides is 3. The first-order chi connectivity index (χ1) is 11.8. The molecule has 3 rings (SSSR count). The molecule has 134 valence electrons. The van der Waals surface area contributed by atoms with Crippen LogP contribution in [0.1, 0.15) is 22.5 Å². The van der Waals surface area contributed by atoms with Gasteiger partial charge in [-0.3, -0.25) is 9.59 Å². The second-order valence-corrected chi connectivity index (χ2v) is 5.67. The number of ether oxygens (including phenoxy) is 1. The monoisotopic (exact) mass is 356 g/mol. The lowest BCUT2D eigenvalue weighted by Crippen LogP contribution is -2.50. The summed E-state index contributed by atoms with van der Waals surface area (Å²) in [6.07, 6.45) is -2.49. The molecule has 0 saturated carbocycles. The van der Waals surface area contributed by atoms with Crippen molar-refractivity contribution in [3.63, 3.8) is 0 Å². The molecule has 0 spiro atoms. The molecule has 0 aromatic carbocycles. The van der Waals surface area contributed by atoms with E-state index in [9.17, 15) is 22.8 Å². The second kappa shape index (κ2) is 6.36. The molecule has 0 aliphatic carbocycles. The predicted octanol–water partition coefficient (Wildman–Crippen LogP) is 1.07. The lowest BCUT2D eigenvalue weighted by molar-refractivity contribution is -0.140. The van der Waals surface area contributed by atoms with Crippen molar-refractivity contribution in [2.45, 2.75) is 18.6 Å². The van der Waals surface area contributed by atoms with Gasteiger partial charge in [0.25, 0.3) is 5.91 Å². The van der Waals surface area contributed by atoms with Gasteiger partial charge < -0.3 is 19.8 Å². The van der Waals surface area contributed by atoms with Gasteiger partial charge in [-0.1, -0.05) is 0 Å². The Labute approximate surface area is 140 Å². The second-order valence-electron chi connectivity index (χ2n) is 5.67. The number of nitrogens with zero attached hydrogens (tertiary/aromatic N) is 3. The van der Waals surface area contributed by atoms with E-state index in [1.165, 1.54) is 23.2 Å². The number of rotatable bonds is 3. The van der Waals surface area contributed by atoms with E-state index >= 15 is 0 Å². The van der Waals surface area contributed by atoms with Crippen molar-refractivity contribution in [3.05, 3.63) is 35.8 Å². The van der Waals surface area contributed by atoms with Crippen LogP contribution >= 0.6 is 0 Å². The quantitative estimate of drug-likeness (QED) is 0.891. The number of carbonyl (C=O) groups excluding carboxylic acids is 2. The molecule has 3 heterocycles. The van der Waals surface area contributed by atoms with Crippen molar-refractivity contribution in [1.82, 2.24) is 14.3 Å². The summed E-state index contributed by atoms with van der Waals surface area (Å²) in [5.41, 5.74) is 4.04. The minimum Gasteiger partial charge on any atom is -0.377 e. The molecule has 0 bridgehead atoms. The highest BCUT2D eigenvalue weighted by Gasteiger charge is 2.35. The Bertz CT molecular complexity index is 818. The summed E-state index contributed by atoms with van der Waals surface area (Å²) in [5, 5.41) is 0. The van der Waals surface area contributed by atoms with Crippen LogP contribution in [0.3, 0.4) is 0 Å². The SMILES string of the molecule is NC(=O)CC1COCCN1C(=O)c1cccn2cc(C(F)(F)F)nc12. The molecule has 2 N–H and O–H groups in total. The molecule has 0 radical (unpaired) electrons. The van der Waals surface area contributed by atoms with E-state index in [2.05, 4.69) is 4.98 Å². The third-order valence-corrected chi connectivity index (χ3v) is 3.93. The number of hydrogen-bond donors (Lipinski definition) is 1. The van der Waals surface area contributed by atoms with E-state index in [1.54, 1.807) is 0 Å². The van der Waals surface area contributed by atoms with Gasteiger partial charge in [-0.2, -0.15) is 13.2 Å². The number of aromatic nitrogens is 2. The topological polar surface area (TPSA) is 89.9 Å². The largest absolute Gasteiger partial charge is 0.434 e. The number of halogens is 3. The van der Waals surface area contributed by atoms with Crippen molar-refractivity contribution < 1.29 is 27.5 Å². The number of amides is 2. The van der Waals surface area contributed by atoms with Crippen LogP contribution in [0, 0.1) is 0 Å². The van der Waals surface area contributed by atoms with Gasteiger partial charge in [-0.05, 0) is 12.1 Å². The average molecular weight is 356 g/mol. The van der Waals surface area contributed by atoms with E-state index in [-0.39, 0.29) is 37.4 Å². The van der Waals surface area contributed by atoms with E-state index in [0.29, 0.717) is 0 Å². The molecule has 2 aromatic heterocycles. The maximum absolute atomic E-state index is 12.9. The Morgan fingerprint density at radius 2 is 2.16 bits per heavy atom. The summed E-state index contributed by atoms with van der Waals surface area (Å²) in [6.45, 7) is 0.622. The Morgan fingerprint density at radius 1 is 1.40 bits per heavy atom. The molecule has 2 amide bonds. The summed E-state index contributed by atoms with van der Waals surface area (Å²) in [7, 11) is 0. The third kappa shape index (κ3) is 3.43. The Balaban J connectivity index is 1.98. The highest BCUT2D eigenvalue weighted by molar-refractivity contribution is 6.00. The van der Waals surface area contributed by atoms with Crippen LogP contribution in [-0.2, 0) is 15.7 Å². The molecule has 1 atom stereocenters. The molecule has 10 heteroatoms. The predicted molar refractivity (Wildman–Crippen MR) is 79.6 cm³/mol. The normalized spacial score (nSPS) is 18.5. The average Bonchev–Trinajstić information content (AvgIpc) is 2.98. The Kier molecular flexibility index (Phi) is 4.38. The lowest BCUT2D eigenvalue weighted by Gasteiger charge is -2.35. The van der Waals surface area contributed by atoms with E-state index < -0.39 is 29.7 Å². The molecule has 1 saturated heterocycles. The zero-order chi connectivity index (χ0) is 18.2. The number of fused-ring (bicyclic) bond motifs is 1. The number of nitrogens with two attached hydrogens (primary N) is 1. The maximum atomic E-state index is 12.9. The summed E-state index contributed by atoms with van der Waals surface area (Å²) in [5.74, 6) is -1.11. The number of carbonyl (C=O) groups is 2. The summed E-state index contributed by atoms with van der Waals surface area (Å²) in [4.78, 5) is 29.0. The zero-order valence-corrected chi connectivity index (χ0v) is 13.0. The summed E-state index contributed by atoms with van der Waals surface area (Å²) in [6, 6.07) is 2.31. The number of primary amides is 1. The minimum absolute atomic E-state index is 0.0226. The van der Waals surface area contributed by atoms with Gasteiger partial charge >= 0.3 is 6.18 Å². The number of morpholine rings is 1. The molecule has 25 heavy (non-hydrogen) atoms. The van der Waals surface area contributed by atoms with E-state index in [4.69, 9.17) is 10.5 Å². The van der Waals surface area contributed by atoms with Crippen molar-refractivity contribution in [2.24, 2.45) is 5.73 Å². The smallest absolute Gasteiger partial charge is 0.377 e. The van der Waals surface area contributed by atoms with E-state index in [1.807, 2.05) is 0 Å². The molecule has 1 fully saturated rings. The Morgan fingerprint density at radius 3 is 2.84 bits per heavy atom. The highest BCUT2D eigenvalue weighted by Crippen LogP contribution is 2.29. The highest BCUT2D eigenvalue weighted by atomic mass is 19.4. The molecule has 1 unspecified atom stereocenters. The number of pyridine rings is 1. The third-order valence-electron chi connectivity index (χ3n) is 3.93. The van der Waals surface area contributed by atoms with E-state index in [0.717, 1.165) is 10.6 Å². The molecule has 2 aromatic rings. The first-order valence-corrected chi connectivity index (χ1v) is 7.49. The molecular weight excluding hydrogens is 341 g/mol. The van der Waals surface area contributed by atoms with Gasteiger partial charge in [-0.25, -0.2) is 4.98 Å². The number of hydrogen-bond acceptors (Lipinski definition) is 4. The number of imidazole rings is 1. The molecule has 1 aliphatic rings. The van der Waals surface area contributed by atoms with Gasteiger partial charge in [0, 0.05) is 25.4 Å². The van der Waals surface area contributed by atoms with Crippen LogP contribution in [0.2, 0.25) is 0 Å². The minimum atomic E-state index is -4.61. The van der Waals surface area contributed by atoms with Crippen molar-refractivity contribution in [3.8, 4) is 0 Å². The first-order valence-electron chi connectivity index (χ1n) is 7.49. The van der Waals surface area contributed by atoms with Gasteiger partial charge in [0.15, 0.2) is 5.69 Å². The fourth-order valence-corrected chi connectivity index (χ4v) is 2.79. The van der Waals surface area contributed by atoms with Crippen molar-refractivity contribution >= 4 is 17.5 Å². The summed E-state index contributed by atoms with van der Waals surface area (Å²) >= 11 is 0. The van der Waals surface area contributed by atoms with Crippen LogP contribution < -0.4 is 5.73 Å². The molecular formula is C15H15F3N4O3. The standard InChI is InChI=1S/C15H15F3N4O3/c16-15(17,18)11-7-21-3-1-2-10(13(21)20-11)14(24)22-4-5-25-8-9(22)6-12(19)23/h1-3,7,9H,4-6,8H2,(H2,19,23). The molecule has 7 nitrogen and oxygen atoms in total. The molecule has 1 aliphatic heterocycles. The Hall–Kier alpha value is -2.62. The lowest BCUT2D eigenvalue weighted by atomic mass is 10.1. The van der Waals surface area contributed by atoms with Gasteiger partial charge in [0.1, 0.15) is 5.65 Å². The van der Waals surface area contributed by atoms with Crippen LogP contribution in [0.4, 0.5) is 13.2 Å². The maximum Gasteiger partial charge on any atom is 0.434 e. The van der Waals surface area contributed by atoms with Crippen LogP contribution in [0.15, 0.2) is 24.5 Å². The summed E-state index contributed by atoms with van der Waals surface area (Å²) < 4.78 is 45.1. The fourth-order valence-electron chi connectivity index (χ4n) is 2.79. The van der Waals surface area contributed by atoms with Gasteiger partial charge in [0.2, 0.25) is 5.91 Å². The zero-order valence-electron chi connectivity index (χ0n) is 13.0. The van der Waals surface area contributed by atoms with Crippen LogP contribution in [0.25, 0.3) is 5.65 Å². The van der Waals surface area contributed by atoms with Crippen molar-refractivity contribution in [2.75, 3.05) is 19.8 Å².